The molecule has 3 atom stereocenters. The van der Waals surface area contributed by atoms with Gasteiger partial charge in [-0.15, -0.1) is 0 Å². The van der Waals surface area contributed by atoms with Crippen LogP contribution in [0.2, 0.25) is 0 Å². The van der Waals surface area contributed by atoms with Gasteiger partial charge in [-0.25, -0.2) is 0 Å². The molecule has 0 bridgehead atoms. The minimum Gasteiger partial charge on any atom is -0.343 e. The summed E-state index contributed by atoms with van der Waals surface area (Å²) in [6, 6.07) is 0. The van der Waals surface area contributed by atoms with E-state index in [0.29, 0.717) is 23.7 Å². The largest absolute Gasteiger partial charge is 0.343 e. The zero-order valence-electron chi connectivity index (χ0n) is 11.5. The first-order valence-electron chi connectivity index (χ1n) is 6.81. The van der Waals surface area contributed by atoms with Crippen molar-refractivity contribution >= 4 is 5.91 Å². The molecule has 2 heteroatoms. The summed E-state index contributed by atoms with van der Waals surface area (Å²) < 4.78 is 0. The third kappa shape index (κ3) is 2.58. The highest BCUT2D eigenvalue weighted by atomic mass is 16.2. The van der Waals surface area contributed by atoms with E-state index < -0.39 is 0 Å². The van der Waals surface area contributed by atoms with Gasteiger partial charge in [0.15, 0.2) is 0 Å². The van der Waals surface area contributed by atoms with Crippen LogP contribution in [0.3, 0.4) is 0 Å². The van der Waals surface area contributed by atoms with Crippen LogP contribution in [-0.2, 0) is 4.79 Å². The van der Waals surface area contributed by atoms with Gasteiger partial charge in [0.2, 0.25) is 5.91 Å². The molecular formula is C14H27NO. The number of amides is 1. The molecule has 0 unspecified atom stereocenters. The number of carbonyl (C=O) groups excluding carboxylic acids is 1. The van der Waals surface area contributed by atoms with E-state index in [9.17, 15) is 4.79 Å². The van der Waals surface area contributed by atoms with E-state index >= 15 is 0 Å². The molecule has 1 saturated carbocycles. The molecule has 2 nitrogen and oxygen atoms in total. The summed E-state index contributed by atoms with van der Waals surface area (Å²) in [5, 5.41) is 0. The monoisotopic (exact) mass is 225 g/mol. The van der Waals surface area contributed by atoms with Crippen molar-refractivity contribution < 1.29 is 4.79 Å². The highest BCUT2D eigenvalue weighted by molar-refractivity contribution is 5.79. The van der Waals surface area contributed by atoms with E-state index in [2.05, 4.69) is 34.6 Å². The molecule has 1 aliphatic carbocycles. The van der Waals surface area contributed by atoms with Crippen molar-refractivity contribution in [1.82, 2.24) is 4.90 Å². The summed E-state index contributed by atoms with van der Waals surface area (Å²) in [6.45, 7) is 12.6. The van der Waals surface area contributed by atoms with Crippen molar-refractivity contribution in [3.05, 3.63) is 0 Å². The average molecular weight is 225 g/mol. The predicted octanol–water partition coefficient (Wildman–Crippen LogP) is 3.17. The Balaban J connectivity index is 2.78. The first kappa shape index (κ1) is 13.5. The Kier molecular flexibility index (Phi) is 4.82. The Morgan fingerprint density at radius 1 is 1.25 bits per heavy atom. The Bertz CT molecular complexity index is 233. The zero-order valence-corrected chi connectivity index (χ0v) is 11.5. The molecule has 1 fully saturated rings. The van der Waals surface area contributed by atoms with Crippen molar-refractivity contribution in [1.29, 1.82) is 0 Å². The summed E-state index contributed by atoms with van der Waals surface area (Å²) in [5.41, 5.74) is 0. The topological polar surface area (TPSA) is 20.3 Å². The van der Waals surface area contributed by atoms with Crippen molar-refractivity contribution in [2.24, 2.45) is 23.7 Å². The SMILES string of the molecule is CCN(CC)C(=O)[C@@H]1[C@@H](C(C)C)CC[C@@H]1C. The van der Waals surface area contributed by atoms with Gasteiger partial charge in [-0.2, -0.15) is 0 Å². The van der Waals surface area contributed by atoms with E-state index in [4.69, 9.17) is 0 Å². The molecule has 1 aliphatic rings. The molecule has 1 amide bonds. The van der Waals surface area contributed by atoms with Gasteiger partial charge in [0.25, 0.3) is 0 Å². The smallest absolute Gasteiger partial charge is 0.226 e. The molecule has 0 aromatic carbocycles. The molecule has 0 N–H and O–H groups in total. The molecule has 0 aromatic rings. The van der Waals surface area contributed by atoms with E-state index in [-0.39, 0.29) is 5.92 Å². The second-order valence-electron chi connectivity index (χ2n) is 5.50. The fraction of sp³-hybridized carbons (Fsp3) is 0.929. The maximum atomic E-state index is 12.5. The van der Waals surface area contributed by atoms with Crippen LogP contribution < -0.4 is 0 Å². The summed E-state index contributed by atoms with van der Waals surface area (Å²) in [4.78, 5) is 14.5. The maximum Gasteiger partial charge on any atom is 0.226 e. The van der Waals surface area contributed by atoms with Crippen LogP contribution in [0, 0.1) is 23.7 Å². The van der Waals surface area contributed by atoms with Crippen LogP contribution in [0.1, 0.15) is 47.5 Å². The van der Waals surface area contributed by atoms with Gasteiger partial charge < -0.3 is 4.90 Å². The van der Waals surface area contributed by atoms with Gasteiger partial charge in [0.1, 0.15) is 0 Å². The fourth-order valence-corrected chi connectivity index (χ4v) is 3.16. The quantitative estimate of drug-likeness (QED) is 0.719. The number of hydrogen-bond donors (Lipinski definition) is 0. The molecule has 0 spiro atoms. The number of rotatable bonds is 4. The first-order valence-corrected chi connectivity index (χ1v) is 6.81. The fourth-order valence-electron chi connectivity index (χ4n) is 3.16. The predicted molar refractivity (Wildman–Crippen MR) is 68.1 cm³/mol. The summed E-state index contributed by atoms with van der Waals surface area (Å²) in [7, 11) is 0. The molecule has 0 radical (unpaired) electrons. The molecular weight excluding hydrogens is 198 g/mol. The second-order valence-corrected chi connectivity index (χ2v) is 5.50. The molecule has 1 rings (SSSR count). The van der Waals surface area contributed by atoms with Gasteiger partial charge in [0.05, 0.1) is 0 Å². The number of nitrogens with zero attached hydrogens (tertiary/aromatic N) is 1. The maximum absolute atomic E-state index is 12.5. The molecule has 16 heavy (non-hydrogen) atoms. The highest BCUT2D eigenvalue weighted by Gasteiger charge is 2.41. The first-order chi connectivity index (χ1) is 7.52. The number of carbonyl (C=O) groups is 1. The Morgan fingerprint density at radius 2 is 1.81 bits per heavy atom. The van der Waals surface area contributed by atoms with Crippen LogP contribution in [0.4, 0.5) is 0 Å². The minimum absolute atomic E-state index is 0.278. The molecule has 94 valence electrons. The third-order valence-corrected chi connectivity index (χ3v) is 4.25. The van der Waals surface area contributed by atoms with Crippen molar-refractivity contribution in [3.63, 3.8) is 0 Å². The van der Waals surface area contributed by atoms with Crippen molar-refractivity contribution in [2.45, 2.75) is 47.5 Å². The normalized spacial score (nSPS) is 29.8. The summed E-state index contributed by atoms with van der Waals surface area (Å²) in [6.07, 6.45) is 2.46. The number of hydrogen-bond acceptors (Lipinski definition) is 1. The molecule has 0 heterocycles. The Hall–Kier alpha value is -0.530. The van der Waals surface area contributed by atoms with Crippen molar-refractivity contribution in [3.8, 4) is 0 Å². The van der Waals surface area contributed by atoms with E-state index in [0.717, 1.165) is 13.1 Å². The minimum atomic E-state index is 0.278. The third-order valence-electron chi connectivity index (χ3n) is 4.25. The summed E-state index contributed by atoms with van der Waals surface area (Å²) in [5.74, 6) is 2.48. The lowest BCUT2D eigenvalue weighted by Crippen LogP contribution is -2.40. The second kappa shape index (κ2) is 5.70. The van der Waals surface area contributed by atoms with Crippen LogP contribution in [-0.4, -0.2) is 23.9 Å². The van der Waals surface area contributed by atoms with E-state index in [1.165, 1.54) is 12.8 Å². The van der Waals surface area contributed by atoms with Crippen LogP contribution in [0.5, 0.6) is 0 Å². The van der Waals surface area contributed by atoms with Crippen LogP contribution >= 0.6 is 0 Å². The van der Waals surface area contributed by atoms with Crippen LogP contribution in [0.15, 0.2) is 0 Å². The Labute approximate surface area is 100 Å². The zero-order chi connectivity index (χ0) is 12.3. The lowest BCUT2D eigenvalue weighted by atomic mass is 9.82. The molecule has 0 aromatic heterocycles. The summed E-state index contributed by atoms with van der Waals surface area (Å²) >= 11 is 0. The highest BCUT2D eigenvalue weighted by Crippen LogP contribution is 2.41. The van der Waals surface area contributed by atoms with Gasteiger partial charge >= 0.3 is 0 Å². The molecule has 0 aliphatic heterocycles. The van der Waals surface area contributed by atoms with E-state index in [1.807, 2.05) is 4.90 Å². The van der Waals surface area contributed by atoms with Gasteiger partial charge in [0, 0.05) is 19.0 Å². The van der Waals surface area contributed by atoms with Gasteiger partial charge in [-0.05, 0) is 44.4 Å². The standard InChI is InChI=1S/C14H27NO/c1-6-15(7-2)14(16)13-11(5)8-9-12(13)10(3)4/h10-13H,6-9H2,1-5H3/t11-,12+,13-/m0/s1. The lowest BCUT2D eigenvalue weighted by Gasteiger charge is -2.30. The molecule has 0 saturated heterocycles. The van der Waals surface area contributed by atoms with Gasteiger partial charge in [-0.3, -0.25) is 4.79 Å². The van der Waals surface area contributed by atoms with Gasteiger partial charge in [-0.1, -0.05) is 20.8 Å². The van der Waals surface area contributed by atoms with Crippen molar-refractivity contribution in [2.75, 3.05) is 13.1 Å². The lowest BCUT2D eigenvalue weighted by molar-refractivity contribution is -0.138. The Morgan fingerprint density at radius 3 is 2.25 bits per heavy atom. The average Bonchev–Trinajstić information content (AvgIpc) is 2.61. The van der Waals surface area contributed by atoms with E-state index in [1.54, 1.807) is 0 Å². The van der Waals surface area contributed by atoms with Crippen LogP contribution in [0.25, 0.3) is 0 Å².